The van der Waals surface area contributed by atoms with Crippen LogP contribution >= 0.6 is 0 Å². The van der Waals surface area contributed by atoms with Gasteiger partial charge in [-0.1, -0.05) is 54.5 Å². The Balaban J connectivity index is 1.60. The van der Waals surface area contributed by atoms with Gasteiger partial charge in [0, 0.05) is 0 Å². The summed E-state index contributed by atoms with van der Waals surface area (Å²) in [6, 6.07) is 6.86. The van der Waals surface area contributed by atoms with E-state index in [9.17, 15) is 0 Å². The van der Waals surface area contributed by atoms with Crippen LogP contribution < -0.4 is 4.74 Å². The molecular formula is C28H46O2Si. The van der Waals surface area contributed by atoms with E-state index in [-0.39, 0.29) is 0 Å². The van der Waals surface area contributed by atoms with E-state index >= 15 is 0 Å². The molecule has 31 heavy (non-hydrogen) atoms. The highest BCUT2D eigenvalue weighted by Gasteiger charge is 2.58. The second-order valence-electron chi connectivity index (χ2n) is 12.0. The van der Waals surface area contributed by atoms with Crippen LogP contribution in [0.25, 0.3) is 0 Å². The fourth-order valence-corrected chi connectivity index (χ4v) is 14.2. The van der Waals surface area contributed by atoms with E-state index in [2.05, 4.69) is 66.7 Å². The molecule has 1 unspecified atom stereocenters. The van der Waals surface area contributed by atoms with Gasteiger partial charge in [0.2, 0.25) is 8.32 Å². The normalized spacial score (nSPS) is 32.9. The molecule has 0 N–H and O–H groups in total. The lowest BCUT2D eigenvalue weighted by molar-refractivity contribution is -0.0181. The number of fused-ring (bicyclic) bond motifs is 5. The Morgan fingerprint density at radius 2 is 1.61 bits per heavy atom. The van der Waals surface area contributed by atoms with Crippen molar-refractivity contribution in [3.05, 3.63) is 29.3 Å². The Morgan fingerprint density at radius 1 is 0.935 bits per heavy atom. The summed E-state index contributed by atoms with van der Waals surface area (Å²) in [5.41, 5.74) is 5.54. The van der Waals surface area contributed by atoms with Crippen molar-refractivity contribution in [1.82, 2.24) is 0 Å². The summed E-state index contributed by atoms with van der Waals surface area (Å²) in [5, 5.41) is 0. The molecule has 1 aromatic rings. The van der Waals surface area contributed by atoms with Crippen molar-refractivity contribution >= 4 is 8.32 Å². The molecule has 0 aromatic heterocycles. The molecule has 3 aliphatic rings. The van der Waals surface area contributed by atoms with E-state index in [4.69, 9.17) is 9.16 Å². The zero-order chi connectivity index (χ0) is 22.6. The maximum absolute atomic E-state index is 7.46. The molecule has 0 aliphatic heterocycles. The summed E-state index contributed by atoms with van der Waals surface area (Å²) in [7, 11) is -0.0570. The fourth-order valence-electron chi connectivity index (χ4n) is 8.49. The first-order valence-electron chi connectivity index (χ1n) is 13.0. The van der Waals surface area contributed by atoms with Gasteiger partial charge in [-0.2, -0.15) is 0 Å². The van der Waals surface area contributed by atoms with Crippen LogP contribution in [0.2, 0.25) is 16.6 Å². The molecule has 0 radical (unpaired) electrons. The highest BCUT2D eigenvalue weighted by molar-refractivity contribution is 6.77. The van der Waals surface area contributed by atoms with Gasteiger partial charge in [0.25, 0.3) is 0 Å². The number of hydrogen-bond acceptors (Lipinski definition) is 2. The molecule has 3 aliphatic carbocycles. The average molecular weight is 443 g/mol. The lowest BCUT2D eigenvalue weighted by Crippen LogP contribution is -2.54. The predicted octanol–water partition coefficient (Wildman–Crippen LogP) is 8.11. The van der Waals surface area contributed by atoms with Gasteiger partial charge in [-0.15, -0.1) is 0 Å². The van der Waals surface area contributed by atoms with Gasteiger partial charge in [-0.3, -0.25) is 0 Å². The van der Waals surface area contributed by atoms with Crippen LogP contribution in [0, 0.1) is 17.3 Å². The van der Waals surface area contributed by atoms with E-state index in [1.54, 1.807) is 18.2 Å². The zero-order valence-electron chi connectivity index (χ0n) is 21.3. The summed E-state index contributed by atoms with van der Waals surface area (Å²) in [5.74, 6) is 3.42. The highest BCUT2D eigenvalue weighted by Crippen LogP contribution is 2.62. The second kappa shape index (κ2) is 8.52. The lowest BCUT2D eigenvalue weighted by atomic mass is 9.55. The third-order valence-electron chi connectivity index (χ3n) is 9.90. The van der Waals surface area contributed by atoms with Gasteiger partial charge >= 0.3 is 0 Å². The quantitative estimate of drug-likeness (QED) is 0.414. The Hall–Kier alpha value is -0.803. The number of methoxy groups -OCH3 is 1. The molecule has 0 heterocycles. The maximum Gasteiger partial charge on any atom is 0.200 e. The highest BCUT2D eigenvalue weighted by atomic mass is 28.4. The van der Waals surface area contributed by atoms with E-state index in [0.717, 1.165) is 23.5 Å². The molecule has 0 spiro atoms. The van der Waals surface area contributed by atoms with E-state index < -0.39 is 8.32 Å². The number of hydrogen-bond donors (Lipinski definition) is 0. The van der Waals surface area contributed by atoms with Crippen LogP contribution in [0.4, 0.5) is 0 Å². The molecule has 0 saturated heterocycles. The minimum atomic E-state index is -1.84. The maximum atomic E-state index is 7.46. The fraction of sp³-hybridized carbons (Fsp3) is 0.786. The molecule has 4 rings (SSSR count). The average Bonchev–Trinajstić information content (AvgIpc) is 3.06. The monoisotopic (exact) mass is 442 g/mol. The van der Waals surface area contributed by atoms with Crippen molar-refractivity contribution in [2.75, 3.05) is 7.11 Å². The van der Waals surface area contributed by atoms with Crippen LogP contribution in [-0.2, 0) is 10.8 Å². The predicted molar refractivity (Wildman–Crippen MR) is 134 cm³/mol. The van der Waals surface area contributed by atoms with Gasteiger partial charge in [0.15, 0.2) is 0 Å². The van der Waals surface area contributed by atoms with Gasteiger partial charge in [0.1, 0.15) is 5.75 Å². The van der Waals surface area contributed by atoms with Crippen molar-refractivity contribution < 1.29 is 9.16 Å². The van der Waals surface area contributed by atoms with Crippen LogP contribution in [0.5, 0.6) is 5.75 Å². The van der Waals surface area contributed by atoms with Crippen molar-refractivity contribution in [3.8, 4) is 5.75 Å². The largest absolute Gasteiger partial charge is 0.497 e. The number of rotatable bonds is 6. The number of benzene rings is 1. The van der Waals surface area contributed by atoms with Crippen molar-refractivity contribution in [2.45, 2.75) is 116 Å². The van der Waals surface area contributed by atoms with Crippen molar-refractivity contribution in [2.24, 2.45) is 17.3 Å². The topological polar surface area (TPSA) is 18.5 Å². The van der Waals surface area contributed by atoms with Gasteiger partial charge < -0.3 is 9.16 Å². The number of ether oxygens (including phenoxy) is 1. The first-order chi connectivity index (χ1) is 14.6. The Morgan fingerprint density at radius 3 is 2.23 bits per heavy atom. The molecule has 0 amide bonds. The summed E-state index contributed by atoms with van der Waals surface area (Å²) in [4.78, 5) is 0. The van der Waals surface area contributed by atoms with E-state index in [1.807, 2.05) is 0 Å². The lowest BCUT2D eigenvalue weighted by Gasteiger charge is -2.53. The molecule has 2 nitrogen and oxygen atoms in total. The summed E-state index contributed by atoms with van der Waals surface area (Å²) < 4.78 is 13.0. The molecule has 174 valence electrons. The Kier molecular flexibility index (Phi) is 6.42. The molecule has 2 saturated carbocycles. The minimum Gasteiger partial charge on any atom is -0.497 e. The van der Waals surface area contributed by atoms with Crippen molar-refractivity contribution in [3.63, 3.8) is 0 Å². The van der Waals surface area contributed by atoms with E-state index in [0.29, 0.717) is 28.1 Å². The standard InChI is InChI=1S/C28H46O2Si/c1-18(2)31(19(3)4,20(5)6)30-27-14-13-26-25-11-9-21-17-22(29-8)10-12-23(21)24(25)15-16-28(26,27)7/h10,12,17-20,24-27H,9,11,13-16H2,1-8H3/t24-,25-,26+,27?,28+/m1/s1. The van der Waals surface area contributed by atoms with Crippen LogP contribution in [0.3, 0.4) is 0 Å². The molecule has 2 fully saturated rings. The number of aryl methyl sites for hydroxylation is 1. The Labute approximate surface area is 192 Å². The van der Waals surface area contributed by atoms with E-state index in [1.165, 1.54) is 38.5 Å². The molecule has 0 bridgehead atoms. The summed E-state index contributed by atoms with van der Waals surface area (Å²) in [6.07, 6.45) is 8.33. The Bertz CT molecular complexity index is 763. The van der Waals surface area contributed by atoms with Gasteiger partial charge in [0.05, 0.1) is 13.2 Å². The molecule has 1 aromatic carbocycles. The van der Waals surface area contributed by atoms with Crippen LogP contribution in [0.1, 0.15) is 97.6 Å². The second-order valence-corrected chi connectivity index (χ2v) is 17.4. The van der Waals surface area contributed by atoms with Gasteiger partial charge in [-0.05, 0) is 102 Å². The zero-order valence-corrected chi connectivity index (χ0v) is 22.3. The minimum absolute atomic E-state index is 0.363. The molecular weight excluding hydrogens is 396 g/mol. The molecule has 3 heteroatoms. The van der Waals surface area contributed by atoms with Gasteiger partial charge in [-0.25, -0.2) is 0 Å². The van der Waals surface area contributed by atoms with Crippen LogP contribution in [0.15, 0.2) is 18.2 Å². The smallest absolute Gasteiger partial charge is 0.200 e. The van der Waals surface area contributed by atoms with Crippen molar-refractivity contribution in [1.29, 1.82) is 0 Å². The summed E-state index contributed by atoms with van der Waals surface area (Å²) >= 11 is 0. The third-order valence-corrected chi connectivity index (χ3v) is 16.0. The SMILES string of the molecule is COc1ccc2c(c1)CC[C@@H]1[C@@H]2CC[C@]2(C)C(O[Si](C(C)C)(C(C)C)C(C)C)CC[C@@H]12. The third kappa shape index (κ3) is 3.62. The molecule has 5 atom stereocenters. The first kappa shape index (κ1) is 23.4. The summed E-state index contributed by atoms with van der Waals surface area (Å²) in [6.45, 7) is 17.2. The first-order valence-corrected chi connectivity index (χ1v) is 15.1. The van der Waals surface area contributed by atoms with Crippen LogP contribution in [-0.4, -0.2) is 21.5 Å².